The van der Waals surface area contributed by atoms with Gasteiger partial charge in [-0.3, -0.25) is 0 Å². The molecule has 116 valence electrons. The van der Waals surface area contributed by atoms with Crippen LogP contribution in [0.1, 0.15) is 39.0 Å². The van der Waals surface area contributed by atoms with E-state index in [9.17, 15) is 5.11 Å². The van der Waals surface area contributed by atoms with Crippen molar-refractivity contribution >= 4 is 0 Å². The Kier molecular flexibility index (Phi) is 4.65. The molecule has 0 aromatic heterocycles. The van der Waals surface area contributed by atoms with E-state index in [0.717, 1.165) is 45.3 Å². The van der Waals surface area contributed by atoms with Crippen LogP contribution in [0.15, 0.2) is 0 Å². The average Bonchev–Trinajstić information content (AvgIpc) is 3.16. The Morgan fingerprint density at radius 2 is 2.05 bits per heavy atom. The largest absolute Gasteiger partial charge is 0.393 e. The SMILES string of the molecule is CC(O)C1CCN(CC2(CNC3CC3)CCOCC2)C1. The van der Waals surface area contributed by atoms with Crippen LogP contribution in [0.3, 0.4) is 0 Å². The number of ether oxygens (including phenoxy) is 1. The summed E-state index contributed by atoms with van der Waals surface area (Å²) in [4.78, 5) is 2.58. The van der Waals surface area contributed by atoms with Gasteiger partial charge in [-0.1, -0.05) is 0 Å². The van der Waals surface area contributed by atoms with Crippen molar-refractivity contribution in [3.63, 3.8) is 0 Å². The van der Waals surface area contributed by atoms with Crippen molar-refractivity contribution < 1.29 is 9.84 Å². The summed E-state index contributed by atoms with van der Waals surface area (Å²) >= 11 is 0. The Morgan fingerprint density at radius 1 is 1.30 bits per heavy atom. The molecular formula is C16H30N2O2. The number of hydrogen-bond acceptors (Lipinski definition) is 4. The van der Waals surface area contributed by atoms with Crippen LogP contribution in [-0.4, -0.2) is 61.5 Å². The first-order chi connectivity index (χ1) is 9.67. The number of nitrogens with one attached hydrogen (secondary N) is 1. The monoisotopic (exact) mass is 282 g/mol. The number of nitrogens with zero attached hydrogens (tertiary/aromatic N) is 1. The molecule has 0 amide bonds. The highest BCUT2D eigenvalue weighted by molar-refractivity contribution is 4.92. The number of aliphatic hydroxyl groups is 1. The lowest BCUT2D eigenvalue weighted by atomic mass is 9.79. The minimum atomic E-state index is -0.157. The van der Waals surface area contributed by atoms with Crippen LogP contribution in [0.5, 0.6) is 0 Å². The first-order valence-electron chi connectivity index (χ1n) is 8.38. The van der Waals surface area contributed by atoms with Crippen LogP contribution in [0.4, 0.5) is 0 Å². The third-order valence-electron chi connectivity index (χ3n) is 5.45. The van der Waals surface area contributed by atoms with Crippen LogP contribution in [0.2, 0.25) is 0 Å². The molecule has 0 aromatic rings. The Hall–Kier alpha value is -0.160. The standard InChI is InChI=1S/C16H30N2O2/c1-13(19)14-4-7-18(10-14)12-16(5-8-20-9-6-16)11-17-15-2-3-15/h13-15,17,19H,2-12H2,1H3. The molecule has 1 aliphatic carbocycles. The van der Waals surface area contributed by atoms with Gasteiger partial charge >= 0.3 is 0 Å². The van der Waals surface area contributed by atoms with Crippen LogP contribution >= 0.6 is 0 Å². The van der Waals surface area contributed by atoms with Gasteiger partial charge in [-0.15, -0.1) is 0 Å². The molecule has 3 rings (SSSR count). The van der Waals surface area contributed by atoms with E-state index >= 15 is 0 Å². The Morgan fingerprint density at radius 3 is 2.65 bits per heavy atom. The zero-order chi connectivity index (χ0) is 14.0. The summed E-state index contributed by atoms with van der Waals surface area (Å²) in [6, 6.07) is 0.790. The minimum Gasteiger partial charge on any atom is -0.393 e. The van der Waals surface area contributed by atoms with E-state index in [0.29, 0.717) is 11.3 Å². The van der Waals surface area contributed by atoms with E-state index in [-0.39, 0.29) is 6.10 Å². The molecule has 2 unspecified atom stereocenters. The zero-order valence-corrected chi connectivity index (χ0v) is 12.8. The fraction of sp³-hybridized carbons (Fsp3) is 1.00. The summed E-state index contributed by atoms with van der Waals surface area (Å²) in [7, 11) is 0. The lowest BCUT2D eigenvalue weighted by Gasteiger charge is -2.40. The highest BCUT2D eigenvalue weighted by atomic mass is 16.5. The summed E-state index contributed by atoms with van der Waals surface area (Å²) in [5.41, 5.74) is 0.397. The number of rotatable bonds is 6. The van der Waals surface area contributed by atoms with E-state index in [4.69, 9.17) is 4.74 Å². The highest BCUT2D eigenvalue weighted by Crippen LogP contribution is 2.34. The predicted octanol–water partition coefficient (Wildman–Crippen LogP) is 1.24. The minimum absolute atomic E-state index is 0.157. The Labute approximate surface area is 122 Å². The van der Waals surface area contributed by atoms with Gasteiger partial charge < -0.3 is 20.1 Å². The van der Waals surface area contributed by atoms with Crippen molar-refractivity contribution in [3.05, 3.63) is 0 Å². The first-order valence-corrected chi connectivity index (χ1v) is 8.38. The van der Waals surface area contributed by atoms with Crippen LogP contribution in [0.25, 0.3) is 0 Å². The summed E-state index contributed by atoms with van der Waals surface area (Å²) in [5.74, 6) is 0.475. The molecule has 4 heteroatoms. The molecule has 20 heavy (non-hydrogen) atoms. The molecule has 2 atom stereocenters. The molecule has 2 aliphatic heterocycles. The smallest absolute Gasteiger partial charge is 0.0552 e. The molecule has 2 heterocycles. The molecule has 1 saturated carbocycles. The van der Waals surface area contributed by atoms with Crippen molar-refractivity contribution in [1.82, 2.24) is 10.2 Å². The molecule has 2 N–H and O–H groups in total. The van der Waals surface area contributed by atoms with E-state index in [2.05, 4.69) is 10.2 Å². The lowest BCUT2D eigenvalue weighted by Crippen LogP contribution is -2.47. The second-order valence-electron chi connectivity index (χ2n) is 7.29. The third kappa shape index (κ3) is 3.73. The molecule has 3 fully saturated rings. The maximum atomic E-state index is 9.77. The van der Waals surface area contributed by atoms with Crippen LogP contribution < -0.4 is 5.32 Å². The Bertz CT molecular complexity index is 312. The highest BCUT2D eigenvalue weighted by Gasteiger charge is 2.38. The van der Waals surface area contributed by atoms with E-state index in [1.807, 2.05) is 6.92 Å². The molecule has 0 aromatic carbocycles. The zero-order valence-electron chi connectivity index (χ0n) is 12.8. The summed E-state index contributed by atoms with van der Waals surface area (Å²) in [6.45, 7) is 8.33. The first kappa shape index (κ1) is 14.8. The van der Waals surface area contributed by atoms with Crippen LogP contribution in [0, 0.1) is 11.3 Å². The third-order valence-corrected chi connectivity index (χ3v) is 5.45. The molecule has 4 nitrogen and oxygen atoms in total. The number of likely N-dealkylation sites (tertiary alicyclic amines) is 1. The van der Waals surface area contributed by atoms with Gasteiger partial charge in [0.25, 0.3) is 0 Å². The van der Waals surface area contributed by atoms with E-state index in [1.165, 1.54) is 32.2 Å². The van der Waals surface area contributed by atoms with E-state index < -0.39 is 0 Å². The molecular weight excluding hydrogens is 252 g/mol. The summed E-state index contributed by atoms with van der Waals surface area (Å²) in [5, 5.41) is 13.5. The fourth-order valence-electron chi connectivity index (χ4n) is 3.72. The number of hydrogen-bond donors (Lipinski definition) is 2. The summed E-state index contributed by atoms with van der Waals surface area (Å²) in [6.07, 6.45) is 6.09. The van der Waals surface area contributed by atoms with Crippen LogP contribution in [-0.2, 0) is 4.74 Å². The second-order valence-corrected chi connectivity index (χ2v) is 7.29. The fourth-order valence-corrected chi connectivity index (χ4v) is 3.72. The number of aliphatic hydroxyl groups excluding tert-OH is 1. The second kappa shape index (κ2) is 6.30. The molecule has 3 aliphatic rings. The molecule has 0 spiro atoms. The molecule has 0 radical (unpaired) electrons. The van der Waals surface area contributed by atoms with Gasteiger partial charge in [-0.25, -0.2) is 0 Å². The lowest BCUT2D eigenvalue weighted by molar-refractivity contribution is -0.00262. The summed E-state index contributed by atoms with van der Waals surface area (Å²) < 4.78 is 5.58. The van der Waals surface area contributed by atoms with Crippen molar-refractivity contribution in [2.75, 3.05) is 39.4 Å². The normalized spacial score (nSPS) is 32.4. The van der Waals surface area contributed by atoms with Gasteiger partial charge in [0.05, 0.1) is 6.10 Å². The maximum absolute atomic E-state index is 9.77. The molecule has 2 saturated heterocycles. The van der Waals surface area contributed by atoms with Gasteiger partial charge in [0, 0.05) is 38.9 Å². The maximum Gasteiger partial charge on any atom is 0.0552 e. The quantitative estimate of drug-likeness (QED) is 0.769. The predicted molar refractivity (Wildman–Crippen MR) is 79.7 cm³/mol. The van der Waals surface area contributed by atoms with E-state index in [1.54, 1.807) is 0 Å². The van der Waals surface area contributed by atoms with Crippen molar-refractivity contribution in [1.29, 1.82) is 0 Å². The van der Waals surface area contributed by atoms with Gasteiger partial charge in [-0.2, -0.15) is 0 Å². The van der Waals surface area contributed by atoms with Gasteiger partial charge in [0.1, 0.15) is 0 Å². The van der Waals surface area contributed by atoms with Gasteiger partial charge in [0.15, 0.2) is 0 Å². The van der Waals surface area contributed by atoms with Gasteiger partial charge in [-0.05, 0) is 56.9 Å². The molecule has 0 bridgehead atoms. The average molecular weight is 282 g/mol. The van der Waals surface area contributed by atoms with Crippen molar-refractivity contribution in [2.45, 2.75) is 51.2 Å². The van der Waals surface area contributed by atoms with Gasteiger partial charge in [0.2, 0.25) is 0 Å². The topological polar surface area (TPSA) is 44.7 Å². The van der Waals surface area contributed by atoms with Crippen molar-refractivity contribution in [2.24, 2.45) is 11.3 Å². The Balaban J connectivity index is 1.55. The van der Waals surface area contributed by atoms with Crippen molar-refractivity contribution in [3.8, 4) is 0 Å².